The van der Waals surface area contributed by atoms with Crippen LogP contribution in [0.2, 0.25) is 5.02 Å². The second-order valence-electron chi connectivity index (χ2n) is 5.55. The maximum absolute atomic E-state index is 11.8. The molecule has 20 heavy (non-hydrogen) atoms. The molecule has 5 heteroatoms. The fourth-order valence-electron chi connectivity index (χ4n) is 2.64. The van der Waals surface area contributed by atoms with Crippen LogP contribution in [0.5, 0.6) is 0 Å². The van der Waals surface area contributed by atoms with Crippen LogP contribution >= 0.6 is 11.6 Å². The lowest BCUT2D eigenvalue weighted by molar-refractivity contribution is -0.122. The van der Waals surface area contributed by atoms with Gasteiger partial charge in [0.1, 0.15) is 6.04 Å². The zero-order valence-electron chi connectivity index (χ0n) is 11.7. The van der Waals surface area contributed by atoms with Crippen LogP contribution in [0.1, 0.15) is 25.3 Å². The van der Waals surface area contributed by atoms with Gasteiger partial charge in [0.2, 0.25) is 5.91 Å². The SMILES string of the molecule is CC1C(=O)NCCN1c1cccc(Cl)c1CNC1CC1. The molecule has 0 bridgehead atoms. The molecule has 1 aromatic rings. The standard InChI is InChI=1S/C15H20ClN3O/c1-10-15(20)17-7-8-19(10)14-4-2-3-13(16)12(14)9-18-11-5-6-11/h2-4,10-11,18H,5-9H2,1H3,(H,17,20). The molecule has 2 fully saturated rings. The first-order chi connectivity index (χ1) is 9.66. The number of carbonyl (C=O) groups excluding carboxylic acids is 1. The van der Waals surface area contributed by atoms with Gasteiger partial charge in [-0.3, -0.25) is 4.79 Å². The van der Waals surface area contributed by atoms with Crippen molar-refractivity contribution in [2.24, 2.45) is 0 Å². The maximum Gasteiger partial charge on any atom is 0.242 e. The van der Waals surface area contributed by atoms with Crippen molar-refractivity contribution in [3.8, 4) is 0 Å². The number of hydrogen-bond acceptors (Lipinski definition) is 3. The number of piperazine rings is 1. The number of nitrogens with zero attached hydrogens (tertiary/aromatic N) is 1. The van der Waals surface area contributed by atoms with Gasteiger partial charge in [0.25, 0.3) is 0 Å². The van der Waals surface area contributed by atoms with Crippen LogP contribution in [0.3, 0.4) is 0 Å². The Morgan fingerprint density at radius 2 is 2.25 bits per heavy atom. The average Bonchev–Trinajstić information content (AvgIpc) is 3.25. The molecule has 0 spiro atoms. The summed E-state index contributed by atoms with van der Waals surface area (Å²) in [6.07, 6.45) is 2.50. The highest BCUT2D eigenvalue weighted by Gasteiger charge is 2.28. The molecule has 108 valence electrons. The van der Waals surface area contributed by atoms with Crippen molar-refractivity contribution in [2.75, 3.05) is 18.0 Å². The van der Waals surface area contributed by atoms with Crippen molar-refractivity contribution in [1.29, 1.82) is 0 Å². The summed E-state index contributed by atoms with van der Waals surface area (Å²) < 4.78 is 0. The van der Waals surface area contributed by atoms with E-state index in [-0.39, 0.29) is 11.9 Å². The normalized spacial score (nSPS) is 22.8. The number of nitrogens with one attached hydrogen (secondary N) is 2. The fraction of sp³-hybridized carbons (Fsp3) is 0.533. The lowest BCUT2D eigenvalue weighted by atomic mass is 10.1. The van der Waals surface area contributed by atoms with E-state index in [0.29, 0.717) is 12.6 Å². The van der Waals surface area contributed by atoms with Crippen LogP contribution in [0.25, 0.3) is 0 Å². The number of benzene rings is 1. The number of hydrogen-bond donors (Lipinski definition) is 2. The van der Waals surface area contributed by atoms with Crippen molar-refractivity contribution in [2.45, 2.75) is 38.4 Å². The Kier molecular flexibility index (Phi) is 3.85. The third kappa shape index (κ3) is 2.76. The third-order valence-corrected chi connectivity index (χ3v) is 4.40. The highest BCUT2D eigenvalue weighted by atomic mass is 35.5. The minimum absolute atomic E-state index is 0.0809. The van der Waals surface area contributed by atoms with Crippen molar-refractivity contribution >= 4 is 23.2 Å². The van der Waals surface area contributed by atoms with E-state index in [1.807, 2.05) is 19.1 Å². The summed E-state index contributed by atoms with van der Waals surface area (Å²) >= 11 is 6.37. The molecule has 1 aliphatic carbocycles. The first-order valence-corrected chi connectivity index (χ1v) is 7.59. The average molecular weight is 294 g/mol. The molecule has 1 saturated heterocycles. The van der Waals surface area contributed by atoms with Gasteiger partial charge >= 0.3 is 0 Å². The van der Waals surface area contributed by atoms with Gasteiger partial charge in [-0.2, -0.15) is 0 Å². The van der Waals surface area contributed by atoms with Gasteiger partial charge in [0.15, 0.2) is 0 Å². The highest BCUT2D eigenvalue weighted by Crippen LogP contribution is 2.30. The van der Waals surface area contributed by atoms with Gasteiger partial charge in [-0.05, 0) is 31.9 Å². The lowest BCUT2D eigenvalue weighted by Gasteiger charge is -2.36. The van der Waals surface area contributed by atoms with E-state index >= 15 is 0 Å². The van der Waals surface area contributed by atoms with Gasteiger partial charge in [-0.25, -0.2) is 0 Å². The van der Waals surface area contributed by atoms with E-state index < -0.39 is 0 Å². The summed E-state index contributed by atoms with van der Waals surface area (Å²) in [4.78, 5) is 14.0. The van der Waals surface area contributed by atoms with Crippen LogP contribution in [-0.2, 0) is 11.3 Å². The summed E-state index contributed by atoms with van der Waals surface area (Å²) in [5, 5.41) is 7.18. The molecular formula is C15H20ClN3O. The molecule has 3 rings (SSSR count). The predicted octanol–water partition coefficient (Wildman–Crippen LogP) is 1.92. The van der Waals surface area contributed by atoms with Gasteiger partial charge in [0.05, 0.1) is 0 Å². The number of rotatable bonds is 4. The Morgan fingerprint density at radius 1 is 1.45 bits per heavy atom. The van der Waals surface area contributed by atoms with Crippen LogP contribution in [-0.4, -0.2) is 31.1 Å². The van der Waals surface area contributed by atoms with Gasteiger partial charge < -0.3 is 15.5 Å². The molecule has 0 radical (unpaired) electrons. The van der Waals surface area contributed by atoms with Gasteiger partial charge in [-0.15, -0.1) is 0 Å². The van der Waals surface area contributed by atoms with E-state index in [9.17, 15) is 4.79 Å². The summed E-state index contributed by atoms with van der Waals surface area (Å²) in [6.45, 7) is 4.22. The van der Waals surface area contributed by atoms with E-state index in [2.05, 4.69) is 21.6 Å². The second kappa shape index (κ2) is 5.62. The number of amides is 1. The summed E-state index contributed by atoms with van der Waals surface area (Å²) in [5.41, 5.74) is 2.18. The smallest absolute Gasteiger partial charge is 0.242 e. The Bertz CT molecular complexity index is 516. The van der Waals surface area contributed by atoms with E-state index in [0.717, 1.165) is 29.4 Å². The molecule has 1 unspecified atom stereocenters. The zero-order valence-corrected chi connectivity index (χ0v) is 12.4. The Labute approximate surface area is 124 Å². The third-order valence-electron chi connectivity index (χ3n) is 4.05. The first kappa shape index (κ1) is 13.7. The highest BCUT2D eigenvalue weighted by molar-refractivity contribution is 6.31. The minimum atomic E-state index is -0.151. The van der Waals surface area contributed by atoms with Crippen molar-refractivity contribution in [3.63, 3.8) is 0 Å². The summed E-state index contributed by atoms with van der Waals surface area (Å²) in [6, 6.07) is 6.43. The van der Waals surface area contributed by atoms with Gasteiger partial charge in [-0.1, -0.05) is 17.7 Å². The van der Waals surface area contributed by atoms with E-state index in [4.69, 9.17) is 11.6 Å². The molecule has 4 nitrogen and oxygen atoms in total. The van der Waals surface area contributed by atoms with Gasteiger partial charge in [0, 0.05) is 41.9 Å². The maximum atomic E-state index is 11.8. The molecule has 1 aliphatic heterocycles. The molecule has 1 amide bonds. The van der Waals surface area contributed by atoms with Crippen molar-refractivity contribution in [3.05, 3.63) is 28.8 Å². The molecule has 1 aromatic carbocycles. The minimum Gasteiger partial charge on any atom is -0.358 e. The Morgan fingerprint density at radius 3 is 3.00 bits per heavy atom. The van der Waals surface area contributed by atoms with Crippen LogP contribution in [0.4, 0.5) is 5.69 Å². The first-order valence-electron chi connectivity index (χ1n) is 7.22. The molecule has 1 heterocycles. The number of halogens is 1. The predicted molar refractivity (Wildman–Crippen MR) is 81.1 cm³/mol. The largest absolute Gasteiger partial charge is 0.358 e. The molecule has 2 N–H and O–H groups in total. The molecule has 0 aromatic heterocycles. The number of carbonyl (C=O) groups is 1. The van der Waals surface area contributed by atoms with Crippen LogP contribution in [0.15, 0.2) is 18.2 Å². The van der Waals surface area contributed by atoms with E-state index in [1.54, 1.807) is 0 Å². The van der Waals surface area contributed by atoms with Crippen molar-refractivity contribution < 1.29 is 4.79 Å². The number of anilines is 1. The molecular weight excluding hydrogens is 274 g/mol. The Hall–Kier alpha value is -1.26. The quantitative estimate of drug-likeness (QED) is 0.891. The Balaban J connectivity index is 1.86. The summed E-state index contributed by atoms with van der Waals surface area (Å²) in [5.74, 6) is 0.0809. The molecule has 1 saturated carbocycles. The second-order valence-corrected chi connectivity index (χ2v) is 5.96. The molecule has 2 aliphatic rings. The topological polar surface area (TPSA) is 44.4 Å². The van der Waals surface area contributed by atoms with Crippen LogP contribution in [0, 0.1) is 0 Å². The molecule has 1 atom stereocenters. The fourth-order valence-corrected chi connectivity index (χ4v) is 2.87. The van der Waals surface area contributed by atoms with Crippen molar-refractivity contribution in [1.82, 2.24) is 10.6 Å². The van der Waals surface area contributed by atoms with E-state index in [1.165, 1.54) is 12.8 Å². The zero-order chi connectivity index (χ0) is 14.1. The summed E-state index contributed by atoms with van der Waals surface area (Å²) in [7, 11) is 0. The monoisotopic (exact) mass is 293 g/mol. The lowest BCUT2D eigenvalue weighted by Crippen LogP contribution is -2.54. The van der Waals surface area contributed by atoms with Crippen LogP contribution < -0.4 is 15.5 Å².